The van der Waals surface area contributed by atoms with Crippen LogP contribution in [0.25, 0.3) is 0 Å². The largest absolute Gasteiger partial charge is 0.462 e. The number of ether oxygens (including phenoxy) is 3. The molecule has 0 heterocycles. The molecule has 0 aromatic carbocycles. The Hall–Kier alpha value is -3.41. The first-order valence-corrected chi connectivity index (χ1v) is 29.1. The summed E-state index contributed by atoms with van der Waals surface area (Å²) in [6.45, 7) is 6.45. The third kappa shape index (κ3) is 55.4. The molecule has 0 radical (unpaired) electrons. The molecule has 6 nitrogen and oxygen atoms in total. The van der Waals surface area contributed by atoms with Gasteiger partial charge >= 0.3 is 17.9 Å². The van der Waals surface area contributed by atoms with Crippen molar-refractivity contribution in [3.05, 3.63) is 85.1 Å². The molecular weight excluding hydrogens is 853 g/mol. The van der Waals surface area contributed by atoms with Crippen LogP contribution >= 0.6 is 0 Å². The molecule has 0 saturated carbocycles. The predicted molar refractivity (Wildman–Crippen MR) is 297 cm³/mol. The first-order valence-electron chi connectivity index (χ1n) is 29.1. The van der Waals surface area contributed by atoms with Gasteiger partial charge in [0.2, 0.25) is 0 Å². The smallest absolute Gasteiger partial charge is 0.306 e. The van der Waals surface area contributed by atoms with Gasteiger partial charge in [0.15, 0.2) is 6.10 Å². The lowest BCUT2D eigenvalue weighted by Gasteiger charge is -2.18. The topological polar surface area (TPSA) is 78.9 Å². The third-order valence-electron chi connectivity index (χ3n) is 12.4. The van der Waals surface area contributed by atoms with Gasteiger partial charge in [0.25, 0.3) is 0 Å². The summed E-state index contributed by atoms with van der Waals surface area (Å²) in [4.78, 5) is 38.1. The molecule has 0 unspecified atom stereocenters. The van der Waals surface area contributed by atoms with Crippen LogP contribution in [0.15, 0.2) is 85.1 Å². The normalized spacial score (nSPS) is 12.7. The van der Waals surface area contributed by atoms with Crippen molar-refractivity contribution in [2.24, 2.45) is 0 Å². The highest BCUT2D eigenvalue weighted by Crippen LogP contribution is 2.16. The van der Waals surface area contributed by atoms with E-state index in [2.05, 4.69) is 106 Å². The number of hydrogen-bond acceptors (Lipinski definition) is 6. The van der Waals surface area contributed by atoms with Crippen molar-refractivity contribution in [3.63, 3.8) is 0 Å². The Morgan fingerprint density at radius 3 is 0.913 bits per heavy atom. The van der Waals surface area contributed by atoms with Crippen LogP contribution in [0.5, 0.6) is 0 Å². The maximum atomic E-state index is 12.8. The summed E-state index contributed by atoms with van der Waals surface area (Å²) in [5, 5.41) is 0. The van der Waals surface area contributed by atoms with Crippen molar-refractivity contribution in [2.75, 3.05) is 13.2 Å². The highest BCUT2D eigenvalue weighted by atomic mass is 16.6. The Kier molecular flexibility index (Phi) is 54.3. The first kappa shape index (κ1) is 65.6. The van der Waals surface area contributed by atoms with Gasteiger partial charge in [-0.1, -0.05) is 247 Å². The van der Waals surface area contributed by atoms with E-state index in [0.717, 1.165) is 89.9 Å². The van der Waals surface area contributed by atoms with Crippen molar-refractivity contribution in [1.29, 1.82) is 0 Å². The van der Waals surface area contributed by atoms with Crippen molar-refractivity contribution in [1.82, 2.24) is 0 Å². The van der Waals surface area contributed by atoms with Crippen molar-refractivity contribution in [3.8, 4) is 0 Å². The second-order valence-electron chi connectivity index (χ2n) is 19.2. The predicted octanol–water partition coefficient (Wildman–Crippen LogP) is 19.5. The van der Waals surface area contributed by atoms with Gasteiger partial charge in [0, 0.05) is 19.3 Å². The zero-order valence-corrected chi connectivity index (χ0v) is 45.3. The minimum absolute atomic E-state index is 0.104. The number of unbranched alkanes of at least 4 members (excludes halogenated alkanes) is 27. The number of hydrogen-bond donors (Lipinski definition) is 0. The van der Waals surface area contributed by atoms with Crippen LogP contribution in [0.1, 0.15) is 278 Å². The third-order valence-corrected chi connectivity index (χ3v) is 12.4. The molecule has 0 N–H and O–H groups in total. The van der Waals surface area contributed by atoms with Gasteiger partial charge in [-0.3, -0.25) is 14.4 Å². The summed E-state index contributed by atoms with van der Waals surface area (Å²) in [7, 11) is 0. The minimum atomic E-state index is -0.813. The maximum Gasteiger partial charge on any atom is 0.306 e. The Labute approximate surface area is 426 Å². The van der Waals surface area contributed by atoms with Crippen LogP contribution in [-0.2, 0) is 28.6 Å². The quantitative estimate of drug-likeness (QED) is 0.0262. The molecule has 0 spiro atoms. The molecule has 396 valence electrons. The van der Waals surface area contributed by atoms with E-state index in [4.69, 9.17) is 14.2 Å². The summed E-state index contributed by atoms with van der Waals surface area (Å²) < 4.78 is 16.8. The standard InChI is InChI=1S/C63H108O6/c1-4-7-10-13-16-19-22-25-28-29-30-31-32-33-36-38-41-44-47-50-53-56-62(65)68-59-60(69-63(66)57-54-51-48-45-42-39-35-27-24-21-18-15-12-9-6-3)58-67-61(64)55-52-49-46-43-40-37-34-26-23-20-17-14-11-8-5-2/h9,12,17-18,20-21,26-27,34-35,40,42-43,45,60H,4-8,10-11,13-16,19,22-25,28-33,36-39,41,44,46-59H2,1-3H3/b12-9-,20-17-,21-18-,34-26-,35-27-,43-40-,45-42-/t60-/m1/s1. The second-order valence-corrected chi connectivity index (χ2v) is 19.2. The summed E-state index contributed by atoms with van der Waals surface area (Å²) >= 11 is 0. The van der Waals surface area contributed by atoms with Crippen LogP contribution in [0, 0.1) is 0 Å². The Morgan fingerprint density at radius 2 is 0.565 bits per heavy atom. The van der Waals surface area contributed by atoms with Crippen LogP contribution in [-0.4, -0.2) is 37.2 Å². The van der Waals surface area contributed by atoms with E-state index in [9.17, 15) is 14.4 Å². The van der Waals surface area contributed by atoms with Crippen LogP contribution in [0.4, 0.5) is 0 Å². The fourth-order valence-electron chi connectivity index (χ4n) is 8.03. The van der Waals surface area contributed by atoms with E-state index >= 15 is 0 Å². The van der Waals surface area contributed by atoms with E-state index in [1.165, 1.54) is 141 Å². The summed E-state index contributed by atoms with van der Waals surface area (Å²) in [5.74, 6) is -0.979. The molecule has 69 heavy (non-hydrogen) atoms. The van der Waals surface area contributed by atoms with Gasteiger partial charge in [-0.25, -0.2) is 0 Å². The molecule has 0 fully saturated rings. The van der Waals surface area contributed by atoms with E-state index in [-0.39, 0.29) is 37.5 Å². The fourth-order valence-corrected chi connectivity index (χ4v) is 8.03. The molecule has 6 heteroatoms. The average Bonchev–Trinajstić information content (AvgIpc) is 3.35. The lowest BCUT2D eigenvalue weighted by atomic mass is 10.0. The van der Waals surface area contributed by atoms with Crippen LogP contribution in [0.3, 0.4) is 0 Å². The number of allylic oxidation sites excluding steroid dienone is 14. The molecule has 1 atom stereocenters. The van der Waals surface area contributed by atoms with Crippen molar-refractivity contribution in [2.45, 2.75) is 284 Å². The molecule has 0 rings (SSSR count). The molecule has 0 aromatic heterocycles. The highest BCUT2D eigenvalue weighted by molar-refractivity contribution is 5.71. The minimum Gasteiger partial charge on any atom is -0.462 e. The van der Waals surface area contributed by atoms with E-state index < -0.39 is 6.10 Å². The van der Waals surface area contributed by atoms with E-state index in [1.54, 1.807) is 0 Å². The Balaban J connectivity index is 4.42. The highest BCUT2D eigenvalue weighted by Gasteiger charge is 2.19. The molecule has 0 aliphatic carbocycles. The van der Waals surface area contributed by atoms with E-state index in [0.29, 0.717) is 19.3 Å². The first-order chi connectivity index (χ1) is 34.0. The molecule has 0 amide bonds. The van der Waals surface area contributed by atoms with Gasteiger partial charge in [-0.2, -0.15) is 0 Å². The lowest BCUT2D eigenvalue weighted by molar-refractivity contribution is -0.167. The Bertz CT molecular complexity index is 1330. The molecule has 0 bridgehead atoms. The van der Waals surface area contributed by atoms with Crippen LogP contribution in [0.2, 0.25) is 0 Å². The molecule has 0 saturated heterocycles. The van der Waals surface area contributed by atoms with Gasteiger partial charge in [-0.05, 0) is 96.3 Å². The molecule has 0 aliphatic rings. The van der Waals surface area contributed by atoms with Gasteiger partial charge in [0.05, 0.1) is 0 Å². The lowest BCUT2D eigenvalue weighted by Crippen LogP contribution is -2.30. The van der Waals surface area contributed by atoms with Crippen LogP contribution < -0.4 is 0 Å². The number of esters is 3. The number of rotatable bonds is 52. The van der Waals surface area contributed by atoms with E-state index in [1.807, 2.05) is 0 Å². The monoisotopic (exact) mass is 961 g/mol. The van der Waals surface area contributed by atoms with Gasteiger partial charge in [-0.15, -0.1) is 0 Å². The average molecular weight is 962 g/mol. The summed E-state index contributed by atoms with van der Waals surface area (Å²) in [5.41, 5.74) is 0. The zero-order chi connectivity index (χ0) is 50.0. The number of carbonyl (C=O) groups excluding carboxylic acids is 3. The summed E-state index contributed by atoms with van der Waals surface area (Å²) in [6.07, 6.45) is 74.4. The van der Waals surface area contributed by atoms with Gasteiger partial charge < -0.3 is 14.2 Å². The summed E-state index contributed by atoms with van der Waals surface area (Å²) in [6, 6.07) is 0. The molecular formula is C63H108O6. The molecule has 0 aliphatic heterocycles. The van der Waals surface area contributed by atoms with Crippen molar-refractivity contribution >= 4 is 17.9 Å². The molecule has 0 aromatic rings. The van der Waals surface area contributed by atoms with Gasteiger partial charge in [0.1, 0.15) is 13.2 Å². The second kappa shape index (κ2) is 57.2. The Morgan fingerprint density at radius 1 is 0.304 bits per heavy atom. The zero-order valence-electron chi connectivity index (χ0n) is 45.3. The maximum absolute atomic E-state index is 12.8. The fraction of sp³-hybridized carbons (Fsp3) is 0.730. The number of carbonyl (C=O) groups is 3. The SMILES string of the molecule is CC/C=C\C/C=C\C/C=C\C/C=C\CCCCC(=O)O[C@H](COC(=O)CCCC/C=C\C/C=C\C/C=C\CCCCC)COC(=O)CCCCCCCCCCCCCCCCCCCCCCC. The van der Waals surface area contributed by atoms with Crippen molar-refractivity contribution < 1.29 is 28.6 Å².